The van der Waals surface area contributed by atoms with Crippen molar-refractivity contribution >= 4 is 11.7 Å². The Bertz CT molecular complexity index is 641. The molecule has 0 radical (unpaired) electrons. The zero-order valence-electron chi connectivity index (χ0n) is 12.7. The van der Waals surface area contributed by atoms with Gasteiger partial charge in [-0.1, -0.05) is 6.07 Å². The Balaban J connectivity index is 2.80. The molecule has 0 saturated heterocycles. The SMILES string of the molecule is CC(C)NC(=O)C(C#N)C(=O)C(C)Oc1cccc(C#N)c1. The average Bonchev–Trinajstić information content (AvgIpc) is 2.47. The third-order valence-electron chi connectivity index (χ3n) is 2.78. The summed E-state index contributed by atoms with van der Waals surface area (Å²) in [6, 6.07) is 9.81. The van der Waals surface area contributed by atoms with E-state index in [4.69, 9.17) is 15.3 Å². The number of nitriles is 2. The maximum atomic E-state index is 12.2. The van der Waals surface area contributed by atoms with Crippen molar-refractivity contribution < 1.29 is 14.3 Å². The molecule has 2 unspecified atom stereocenters. The van der Waals surface area contributed by atoms with Crippen LogP contribution in [-0.2, 0) is 9.59 Å². The van der Waals surface area contributed by atoms with Crippen LogP contribution in [0, 0.1) is 28.6 Å². The number of hydrogen-bond donors (Lipinski definition) is 1. The molecule has 2 atom stereocenters. The highest BCUT2D eigenvalue weighted by Crippen LogP contribution is 2.16. The van der Waals surface area contributed by atoms with Crippen LogP contribution in [0.1, 0.15) is 26.3 Å². The van der Waals surface area contributed by atoms with Crippen LogP contribution in [0.3, 0.4) is 0 Å². The summed E-state index contributed by atoms with van der Waals surface area (Å²) in [5.74, 6) is -2.34. The summed E-state index contributed by atoms with van der Waals surface area (Å²) in [5, 5.41) is 20.4. The van der Waals surface area contributed by atoms with Crippen LogP contribution in [0.15, 0.2) is 24.3 Å². The molecule has 0 aliphatic heterocycles. The summed E-state index contributed by atoms with van der Waals surface area (Å²) >= 11 is 0. The van der Waals surface area contributed by atoms with Gasteiger partial charge in [0.15, 0.2) is 17.8 Å². The van der Waals surface area contributed by atoms with Crippen LogP contribution in [0.25, 0.3) is 0 Å². The molecule has 1 aromatic carbocycles. The molecule has 0 aliphatic carbocycles. The zero-order chi connectivity index (χ0) is 16.7. The van der Waals surface area contributed by atoms with E-state index in [0.717, 1.165) is 0 Å². The molecule has 0 aromatic heterocycles. The lowest BCUT2D eigenvalue weighted by Crippen LogP contribution is -2.42. The van der Waals surface area contributed by atoms with Gasteiger partial charge in [0.25, 0.3) is 0 Å². The number of rotatable bonds is 6. The van der Waals surface area contributed by atoms with E-state index in [2.05, 4.69) is 5.32 Å². The predicted octanol–water partition coefficient (Wildman–Crippen LogP) is 1.56. The molecule has 0 aliphatic rings. The summed E-state index contributed by atoms with van der Waals surface area (Å²) in [6.45, 7) is 4.95. The van der Waals surface area contributed by atoms with Gasteiger partial charge in [0.2, 0.25) is 5.91 Å². The van der Waals surface area contributed by atoms with Gasteiger partial charge in [-0.3, -0.25) is 9.59 Å². The highest BCUT2D eigenvalue weighted by atomic mass is 16.5. The van der Waals surface area contributed by atoms with Crippen molar-refractivity contribution in [3.63, 3.8) is 0 Å². The highest BCUT2D eigenvalue weighted by molar-refractivity contribution is 6.05. The third-order valence-corrected chi connectivity index (χ3v) is 2.78. The fourth-order valence-corrected chi connectivity index (χ4v) is 1.76. The van der Waals surface area contributed by atoms with Gasteiger partial charge in [0.1, 0.15) is 5.75 Å². The highest BCUT2D eigenvalue weighted by Gasteiger charge is 2.31. The van der Waals surface area contributed by atoms with Gasteiger partial charge < -0.3 is 10.1 Å². The van der Waals surface area contributed by atoms with Gasteiger partial charge in [-0.2, -0.15) is 10.5 Å². The maximum Gasteiger partial charge on any atom is 0.245 e. The molecular formula is C16H17N3O3. The number of ether oxygens (including phenoxy) is 1. The molecule has 1 rings (SSSR count). The zero-order valence-corrected chi connectivity index (χ0v) is 12.7. The fourth-order valence-electron chi connectivity index (χ4n) is 1.76. The topological polar surface area (TPSA) is 103 Å². The third kappa shape index (κ3) is 4.60. The van der Waals surface area contributed by atoms with Crippen LogP contribution >= 0.6 is 0 Å². The van der Waals surface area contributed by atoms with E-state index in [1.54, 1.807) is 38.1 Å². The summed E-state index contributed by atoms with van der Waals surface area (Å²) in [7, 11) is 0. The normalized spacial score (nSPS) is 12.6. The number of carbonyl (C=O) groups excluding carboxylic acids is 2. The number of nitrogens with one attached hydrogen (secondary N) is 1. The smallest absolute Gasteiger partial charge is 0.245 e. The molecule has 6 nitrogen and oxygen atoms in total. The quantitative estimate of drug-likeness (QED) is 0.803. The number of benzene rings is 1. The van der Waals surface area contributed by atoms with Crippen molar-refractivity contribution in [1.29, 1.82) is 10.5 Å². The van der Waals surface area contributed by atoms with Crippen LogP contribution in [0.5, 0.6) is 5.75 Å². The second-order valence-electron chi connectivity index (χ2n) is 5.03. The first-order valence-corrected chi connectivity index (χ1v) is 6.79. The Morgan fingerprint density at radius 3 is 2.45 bits per heavy atom. The van der Waals surface area contributed by atoms with Gasteiger partial charge in [-0.05, 0) is 39.0 Å². The van der Waals surface area contributed by atoms with Crippen molar-refractivity contribution in [3.8, 4) is 17.9 Å². The first-order chi connectivity index (χ1) is 10.4. The number of hydrogen-bond acceptors (Lipinski definition) is 5. The largest absolute Gasteiger partial charge is 0.483 e. The van der Waals surface area contributed by atoms with E-state index in [-0.39, 0.29) is 6.04 Å². The lowest BCUT2D eigenvalue weighted by molar-refractivity contribution is -0.135. The van der Waals surface area contributed by atoms with Crippen molar-refractivity contribution in [1.82, 2.24) is 5.32 Å². The molecule has 1 N–H and O–H groups in total. The molecule has 6 heteroatoms. The Morgan fingerprint density at radius 2 is 1.91 bits per heavy atom. The molecule has 22 heavy (non-hydrogen) atoms. The molecule has 1 aromatic rings. The fraction of sp³-hybridized carbons (Fsp3) is 0.375. The van der Waals surface area contributed by atoms with E-state index in [1.165, 1.54) is 13.0 Å². The van der Waals surface area contributed by atoms with Crippen LogP contribution in [-0.4, -0.2) is 23.8 Å². The summed E-state index contributed by atoms with van der Waals surface area (Å²) in [5.41, 5.74) is 0.395. The standard InChI is InChI=1S/C16H17N3O3/c1-10(2)19-16(21)14(9-18)15(20)11(3)22-13-6-4-5-12(7-13)8-17/h4-7,10-11,14H,1-3H3,(H,19,21). The molecule has 1 amide bonds. The predicted molar refractivity (Wildman–Crippen MR) is 78.6 cm³/mol. The molecule has 0 fully saturated rings. The lowest BCUT2D eigenvalue weighted by atomic mass is 10.0. The van der Waals surface area contributed by atoms with E-state index < -0.39 is 23.7 Å². The van der Waals surface area contributed by atoms with Crippen molar-refractivity contribution in [2.24, 2.45) is 5.92 Å². The molecule has 0 saturated carbocycles. The van der Waals surface area contributed by atoms with Crippen LogP contribution < -0.4 is 10.1 Å². The minimum absolute atomic E-state index is 0.167. The van der Waals surface area contributed by atoms with Gasteiger partial charge in [-0.25, -0.2) is 0 Å². The number of carbonyl (C=O) groups is 2. The van der Waals surface area contributed by atoms with Gasteiger partial charge in [0, 0.05) is 6.04 Å². The van der Waals surface area contributed by atoms with Crippen LogP contribution in [0.2, 0.25) is 0 Å². The number of Topliss-reactive ketones (excluding diaryl/α,β-unsaturated/α-hetero) is 1. The van der Waals surface area contributed by atoms with Crippen LogP contribution in [0.4, 0.5) is 0 Å². The Kier molecular flexibility index (Phi) is 6.09. The van der Waals surface area contributed by atoms with Gasteiger partial charge >= 0.3 is 0 Å². The second kappa shape index (κ2) is 7.80. The average molecular weight is 299 g/mol. The van der Waals surface area contributed by atoms with E-state index in [1.807, 2.05) is 6.07 Å². The van der Waals surface area contributed by atoms with Crippen molar-refractivity contribution in [2.75, 3.05) is 0 Å². The van der Waals surface area contributed by atoms with E-state index >= 15 is 0 Å². The lowest BCUT2D eigenvalue weighted by Gasteiger charge is -2.17. The molecule has 0 bridgehead atoms. The van der Waals surface area contributed by atoms with Gasteiger partial charge in [0.05, 0.1) is 17.7 Å². The summed E-state index contributed by atoms with van der Waals surface area (Å²) in [4.78, 5) is 24.0. The maximum absolute atomic E-state index is 12.2. The van der Waals surface area contributed by atoms with E-state index in [9.17, 15) is 9.59 Å². The first kappa shape index (κ1) is 17.2. The Hall–Kier alpha value is -2.86. The minimum atomic E-state index is -1.42. The second-order valence-corrected chi connectivity index (χ2v) is 5.03. The number of amides is 1. The molecular weight excluding hydrogens is 282 g/mol. The van der Waals surface area contributed by atoms with E-state index in [0.29, 0.717) is 11.3 Å². The Labute approximate surface area is 129 Å². The van der Waals surface area contributed by atoms with Crippen molar-refractivity contribution in [2.45, 2.75) is 32.9 Å². The monoisotopic (exact) mass is 299 g/mol. The summed E-state index contributed by atoms with van der Waals surface area (Å²) < 4.78 is 5.42. The van der Waals surface area contributed by atoms with Crippen molar-refractivity contribution in [3.05, 3.63) is 29.8 Å². The van der Waals surface area contributed by atoms with Gasteiger partial charge in [-0.15, -0.1) is 0 Å². The number of ketones is 1. The first-order valence-electron chi connectivity index (χ1n) is 6.79. The summed E-state index contributed by atoms with van der Waals surface area (Å²) in [6.07, 6.45) is -0.975. The minimum Gasteiger partial charge on any atom is -0.483 e. The molecule has 0 heterocycles. The molecule has 0 spiro atoms. The Morgan fingerprint density at radius 1 is 1.23 bits per heavy atom. The number of nitrogens with zero attached hydrogens (tertiary/aromatic N) is 2. The molecule has 114 valence electrons.